The van der Waals surface area contributed by atoms with E-state index in [-0.39, 0.29) is 11.9 Å². The van der Waals surface area contributed by atoms with Crippen molar-refractivity contribution in [3.8, 4) is 0 Å². The minimum Gasteiger partial charge on any atom is -0.326 e. The van der Waals surface area contributed by atoms with Gasteiger partial charge in [0.05, 0.1) is 11.7 Å². The lowest BCUT2D eigenvalue weighted by Crippen LogP contribution is -2.35. The summed E-state index contributed by atoms with van der Waals surface area (Å²) in [6.45, 7) is 4.33. The average Bonchev–Trinajstić information content (AvgIpc) is 2.73. The Labute approximate surface area is 119 Å². The molecule has 2 unspecified atom stereocenters. The molecule has 1 aromatic rings. The molecule has 0 aromatic heterocycles. The van der Waals surface area contributed by atoms with Crippen LogP contribution in [0.15, 0.2) is 18.2 Å². The largest absolute Gasteiger partial charge is 0.326 e. The highest BCUT2D eigenvalue weighted by molar-refractivity contribution is 7.91. The van der Waals surface area contributed by atoms with Gasteiger partial charge in [0.25, 0.3) is 0 Å². The van der Waals surface area contributed by atoms with Gasteiger partial charge < -0.3 is 10.6 Å². The summed E-state index contributed by atoms with van der Waals surface area (Å²) in [5.41, 5.74) is 2.65. The van der Waals surface area contributed by atoms with Crippen molar-refractivity contribution >= 4 is 21.4 Å². The molecular weight excluding hydrogens is 276 g/mol. The maximum atomic E-state index is 11.8. The summed E-state index contributed by atoms with van der Waals surface area (Å²) < 4.78 is 23.6. The summed E-state index contributed by atoms with van der Waals surface area (Å²) in [7, 11) is -3.14. The monoisotopic (exact) mass is 296 g/mol. The minimum absolute atomic E-state index is 0.0201. The second-order valence-corrected chi connectivity index (χ2v) is 7.61. The molecule has 2 N–H and O–H groups in total. The van der Waals surface area contributed by atoms with Crippen LogP contribution in [0.1, 0.15) is 31.0 Å². The second-order valence-electron chi connectivity index (χ2n) is 5.21. The predicted octanol–water partition coefficient (Wildman–Crippen LogP) is 1.26. The molecule has 110 valence electrons. The zero-order valence-electron chi connectivity index (χ0n) is 11.9. The maximum absolute atomic E-state index is 11.8. The van der Waals surface area contributed by atoms with Crippen molar-refractivity contribution in [2.24, 2.45) is 0 Å². The Balaban J connectivity index is 2.36. The van der Waals surface area contributed by atoms with E-state index in [1.54, 1.807) is 6.92 Å². The summed E-state index contributed by atoms with van der Waals surface area (Å²) >= 11 is 0. The van der Waals surface area contributed by atoms with Crippen LogP contribution in [-0.2, 0) is 21.1 Å². The number of carbonyl (C=O) groups excluding carboxylic acids is 1. The van der Waals surface area contributed by atoms with Crippen LogP contribution < -0.4 is 10.6 Å². The lowest BCUT2D eigenvalue weighted by Gasteiger charge is -2.24. The summed E-state index contributed by atoms with van der Waals surface area (Å²) in [6.07, 6.45) is 1.61. The molecule has 1 aliphatic heterocycles. The Hall–Kier alpha value is -1.40. The molecule has 20 heavy (non-hydrogen) atoms. The third-order valence-corrected chi connectivity index (χ3v) is 5.31. The lowest BCUT2D eigenvalue weighted by molar-refractivity contribution is -0.115. The molecule has 0 saturated heterocycles. The van der Waals surface area contributed by atoms with Crippen molar-refractivity contribution in [1.82, 2.24) is 5.32 Å². The van der Waals surface area contributed by atoms with E-state index in [9.17, 15) is 13.2 Å². The molecule has 1 aliphatic rings. The van der Waals surface area contributed by atoms with E-state index in [0.29, 0.717) is 13.0 Å². The summed E-state index contributed by atoms with van der Waals surface area (Å²) in [6, 6.07) is 5.37. The van der Waals surface area contributed by atoms with Gasteiger partial charge in [-0.15, -0.1) is 0 Å². The number of fused-ring (bicyclic) bond motifs is 1. The molecule has 2 rings (SSSR count). The zero-order chi connectivity index (χ0) is 14.9. The molecular formula is C14H20N2O3S. The topological polar surface area (TPSA) is 75.3 Å². The number of rotatable bonds is 5. The molecule has 5 nitrogen and oxygen atoms in total. The number of nitrogens with one attached hydrogen (secondary N) is 2. The smallest absolute Gasteiger partial charge is 0.228 e. The van der Waals surface area contributed by atoms with Gasteiger partial charge >= 0.3 is 0 Å². The van der Waals surface area contributed by atoms with Crippen LogP contribution in [0.5, 0.6) is 0 Å². The normalized spacial score (nSPS) is 17.4. The van der Waals surface area contributed by atoms with Crippen molar-refractivity contribution in [1.29, 1.82) is 0 Å². The van der Waals surface area contributed by atoms with Crippen LogP contribution in [0, 0.1) is 0 Å². The van der Waals surface area contributed by atoms with Crippen LogP contribution in [0.25, 0.3) is 0 Å². The van der Waals surface area contributed by atoms with E-state index < -0.39 is 15.1 Å². The fraction of sp³-hybridized carbons (Fsp3) is 0.500. The van der Waals surface area contributed by atoms with Gasteiger partial charge in [-0.3, -0.25) is 4.79 Å². The molecule has 1 amide bonds. The van der Waals surface area contributed by atoms with Crippen LogP contribution in [-0.4, -0.2) is 32.4 Å². The van der Waals surface area contributed by atoms with Gasteiger partial charge in [0.1, 0.15) is 0 Å². The summed E-state index contributed by atoms with van der Waals surface area (Å²) in [5.74, 6) is -0.0201. The first kappa shape index (κ1) is 15.0. The van der Waals surface area contributed by atoms with Gasteiger partial charge in [0, 0.05) is 18.0 Å². The third-order valence-electron chi connectivity index (χ3n) is 3.68. The first-order valence-corrected chi connectivity index (χ1v) is 8.63. The van der Waals surface area contributed by atoms with Gasteiger partial charge in [-0.1, -0.05) is 19.1 Å². The molecule has 1 heterocycles. The van der Waals surface area contributed by atoms with Crippen molar-refractivity contribution in [2.45, 2.75) is 31.6 Å². The van der Waals surface area contributed by atoms with Crippen molar-refractivity contribution in [2.75, 3.05) is 18.1 Å². The first-order chi connectivity index (χ1) is 9.32. The van der Waals surface area contributed by atoms with Gasteiger partial charge in [-0.2, -0.15) is 0 Å². The Morgan fingerprint density at radius 3 is 2.70 bits per heavy atom. The lowest BCUT2D eigenvalue weighted by atomic mass is 10.00. The molecule has 1 aromatic carbocycles. The fourth-order valence-corrected chi connectivity index (χ4v) is 3.21. The maximum Gasteiger partial charge on any atom is 0.228 e. The Bertz CT molecular complexity index is 625. The number of hydrogen-bond donors (Lipinski definition) is 2. The van der Waals surface area contributed by atoms with E-state index >= 15 is 0 Å². The van der Waals surface area contributed by atoms with E-state index in [0.717, 1.165) is 16.8 Å². The molecule has 0 bridgehead atoms. The highest BCUT2D eigenvalue weighted by atomic mass is 32.2. The van der Waals surface area contributed by atoms with Gasteiger partial charge in [-0.25, -0.2) is 8.42 Å². The molecule has 2 atom stereocenters. The van der Waals surface area contributed by atoms with Gasteiger partial charge in [-0.05, 0) is 30.7 Å². The van der Waals surface area contributed by atoms with E-state index in [4.69, 9.17) is 0 Å². The molecule has 0 radical (unpaired) electrons. The minimum atomic E-state index is -3.14. The average molecular weight is 296 g/mol. The number of sulfone groups is 1. The number of amides is 1. The molecule has 0 aliphatic carbocycles. The van der Waals surface area contributed by atoms with Gasteiger partial charge in [0.2, 0.25) is 5.91 Å². The number of carbonyl (C=O) groups is 1. The molecule has 0 saturated carbocycles. The quantitative estimate of drug-likeness (QED) is 0.858. The Morgan fingerprint density at radius 2 is 2.10 bits per heavy atom. The van der Waals surface area contributed by atoms with Crippen LogP contribution >= 0.6 is 0 Å². The van der Waals surface area contributed by atoms with E-state index in [1.807, 2.05) is 25.1 Å². The van der Waals surface area contributed by atoms with E-state index in [1.165, 1.54) is 6.26 Å². The van der Waals surface area contributed by atoms with Crippen molar-refractivity contribution in [3.63, 3.8) is 0 Å². The zero-order valence-corrected chi connectivity index (χ0v) is 12.8. The number of benzene rings is 1. The van der Waals surface area contributed by atoms with Crippen LogP contribution in [0.2, 0.25) is 0 Å². The SMILES string of the molecule is CCNC(c1ccc2c(c1)CC(=O)N2)C(C)S(C)(=O)=O. The Morgan fingerprint density at radius 1 is 1.40 bits per heavy atom. The van der Waals surface area contributed by atoms with Crippen LogP contribution in [0.3, 0.4) is 0 Å². The molecule has 6 heteroatoms. The fourth-order valence-electron chi connectivity index (χ4n) is 2.46. The van der Waals surface area contributed by atoms with E-state index in [2.05, 4.69) is 10.6 Å². The van der Waals surface area contributed by atoms with Crippen molar-refractivity contribution < 1.29 is 13.2 Å². The van der Waals surface area contributed by atoms with Gasteiger partial charge in [0.15, 0.2) is 9.84 Å². The first-order valence-electron chi connectivity index (χ1n) is 6.68. The predicted molar refractivity (Wildman–Crippen MR) is 79.5 cm³/mol. The number of hydrogen-bond acceptors (Lipinski definition) is 4. The summed E-state index contributed by atoms with van der Waals surface area (Å²) in [4.78, 5) is 11.4. The molecule has 0 spiro atoms. The standard InChI is InChI=1S/C14H20N2O3S/c1-4-15-14(9(2)20(3,18)19)10-5-6-12-11(7-10)8-13(17)16-12/h5-7,9,14-15H,4,8H2,1-3H3,(H,16,17). The highest BCUT2D eigenvalue weighted by Crippen LogP contribution is 2.29. The second kappa shape index (κ2) is 5.54. The van der Waals surface area contributed by atoms with Crippen LogP contribution in [0.4, 0.5) is 5.69 Å². The number of anilines is 1. The van der Waals surface area contributed by atoms with Crippen molar-refractivity contribution in [3.05, 3.63) is 29.3 Å². The molecule has 0 fully saturated rings. The third kappa shape index (κ3) is 3.02. The Kier molecular flexibility index (Phi) is 4.15. The summed E-state index contributed by atoms with van der Waals surface area (Å²) in [5, 5.41) is 5.48. The highest BCUT2D eigenvalue weighted by Gasteiger charge is 2.28.